The van der Waals surface area contributed by atoms with E-state index in [1.165, 1.54) is 58.4 Å². The number of likely N-dealkylation sites (tertiary alicyclic amines) is 2. The van der Waals surface area contributed by atoms with Gasteiger partial charge >= 0.3 is 0 Å². The maximum absolute atomic E-state index is 6.20. The number of hydrogen-bond donors (Lipinski definition) is 1. The first kappa shape index (κ1) is 39.0. The molecule has 7 nitrogen and oxygen atoms in total. The van der Waals surface area contributed by atoms with Gasteiger partial charge in [0.2, 0.25) is 0 Å². The monoisotopic (exact) mass is 523 g/mol. The van der Waals surface area contributed by atoms with E-state index in [1.54, 1.807) is 5.57 Å². The number of allylic oxidation sites excluding steroid dienone is 4. The number of rotatable bonds is 9. The van der Waals surface area contributed by atoms with E-state index < -0.39 is 0 Å². The topological polar surface area (TPSA) is 145 Å². The SMILES string of the molecule is C.CCN1CCC[C@H]1CCN[C@@H](CN1CCC(C2=CC=C(Cl)CC2)C(C)(C)C1)C(C)C.O.O.O.O. The summed E-state index contributed by atoms with van der Waals surface area (Å²) in [5.41, 5.74) is 1.95. The zero-order chi connectivity index (χ0) is 21.7. The first-order valence-corrected chi connectivity index (χ1v) is 12.9. The molecule has 1 aliphatic carbocycles. The van der Waals surface area contributed by atoms with E-state index in [4.69, 9.17) is 11.6 Å². The smallest absolute Gasteiger partial charge is 0.0217 e. The predicted octanol–water partition coefficient (Wildman–Crippen LogP) is 3.00. The summed E-state index contributed by atoms with van der Waals surface area (Å²) in [5, 5.41) is 4.96. The van der Waals surface area contributed by atoms with Crippen LogP contribution in [0.1, 0.15) is 80.6 Å². The van der Waals surface area contributed by atoms with E-state index in [-0.39, 0.29) is 29.3 Å². The lowest BCUT2D eigenvalue weighted by Crippen LogP contribution is -2.52. The van der Waals surface area contributed by atoms with Gasteiger partial charge in [-0.15, -0.1) is 0 Å². The molecule has 0 radical (unpaired) electrons. The lowest BCUT2D eigenvalue weighted by atomic mass is 9.68. The maximum Gasteiger partial charge on any atom is 0.0217 e. The van der Waals surface area contributed by atoms with Crippen molar-refractivity contribution in [1.82, 2.24) is 15.1 Å². The highest BCUT2D eigenvalue weighted by Gasteiger charge is 2.38. The molecule has 0 aromatic heterocycles. The molecule has 3 atom stereocenters. The zero-order valence-corrected chi connectivity index (χ0v) is 23.0. The van der Waals surface area contributed by atoms with Crippen molar-refractivity contribution in [3.05, 3.63) is 22.8 Å². The Kier molecular flexibility index (Phi) is 19.9. The normalized spacial score (nSPS) is 25.0. The molecule has 8 heteroatoms. The molecule has 3 rings (SSSR count). The maximum atomic E-state index is 6.20. The van der Waals surface area contributed by atoms with Crippen LogP contribution >= 0.6 is 11.6 Å². The highest BCUT2D eigenvalue weighted by atomic mass is 35.5. The van der Waals surface area contributed by atoms with Gasteiger partial charge in [-0.05, 0) is 88.0 Å². The molecule has 0 amide bonds. The highest BCUT2D eigenvalue weighted by molar-refractivity contribution is 6.29. The van der Waals surface area contributed by atoms with Crippen LogP contribution < -0.4 is 5.32 Å². The fraction of sp³-hybridized carbons (Fsp3) is 0.852. The molecule has 212 valence electrons. The molecule has 0 bridgehead atoms. The molecule has 2 saturated heterocycles. The number of halogens is 1. The summed E-state index contributed by atoms with van der Waals surface area (Å²) in [4.78, 5) is 5.40. The minimum Gasteiger partial charge on any atom is -0.412 e. The Morgan fingerprint density at radius 3 is 2.29 bits per heavy atom. The molecular formula is C27H58ClN3O4. The average Bonchev–Trinajstić information content (AvgIpc) is 3.15. The van der Waals surface area contributed by atoms with Gasteiger partial charge in [-0.3, -0.25) is 0 Å². The highest BCUT2D eigenvalue weighted by Crippen LogP contribution is 2.42. The third kappa shape index (κ3) is 10.8. The van der Waals surface area contributed by atoms with Crippen molar-refractivity contribution >= 4 is 11.6 Å². The van der Waals surface area contributed by atoms with Crippen LogP contribution in [-0.2, 0) is 0 Å². The van der Waals surface area contributed by atoms with Gasteiger partial charge in [0.15, 0.2) is 0 Å². The molecule has 1 unspecified atom stereocenters. The van der Waals surface area contributed by atoms with Gasteiger partial charge in [-0.25, -0.2) is 0 Å². The largest absolute Gasteiger partial charge is 0.412 e. The van der Waals surface area contributed by atoms with Crippen molar-refractivity contribution in [2.24, 2.45) is 17.3 Å². The Hall–Kier alpha value is -0.510. The Morgan fingerprint density at radius 1 is 1.06 bits per heavy atom. The van der Waals surface area contributed by atoms with E-state index in [0.29, 0.717) is 23.3 Å². The molecule has 2 aliphatic heterocycles. The molecule has 35 heavy (non-hydrogen) atoms. The minimum absolute atomic E-state index is 0. The Labute approximate surface area is 220 Å². The fourth-order valence-corrected chi connectivity index (χ4v) is 6.25. The summed E-state index contributed by atoms with van der Waals surface area (Å²) in [6.45, 7) is 19.3. The van der Waals surface area contributed by atoms with E-state index in [1.807, 2.05) is 0 Å². The van der Waals surface area contributed by atoms with Crippen LogP contribution in [0.3, 0.4) is 0 Å². The van der Waals surface area contributed by atoms with Crippen molar-refractivity contribution < 1.29 is 21.9 Å². The fourth-order valence-electron chi connectivity index (χ4n) is 6.09. The Balaban J connectivity index is -0.00000205. The van der Waals surface area contributed by atoms with Crippen LogP contribution in [0, 0.1) is 17.3 Å². The lowest BCUT2D eigenvalue weighted by molar-refractivity contribution is 0.0602. The van der Waals surface area contributed by atoms with Crippen molar-refractivity contribution in [2.75, 3.05) is 39.3 Å². The van der Waals surface area contributed by atoms with Crippen LogP contribution in [-0.4, -0.2) is 83.1 Å². The van der Waals surface area contributed by atoms with Crippen LogP contribution in [0.2, 0.25) is 0 Å². The van der Waals surface area contributed by atoms with Gasteiger partial charge < -0.3 is 37.0 Å². The van der Waals surface area contributed by atoms with E-state index in [2.05, 4.69) is 61.9 Å². The molecule has 0 saturated carbocycles. The molecule has 0 spiro atoms. The van der Waals surface area contributed by atoms with Crippen LogP contribution in [0.4, 0.5) is 0 Å². The standard InChI is InChI=1S/C26H46ClN3.CH4.4H2O/c1-6-30-16-7-8-23(30)13-15-28-25(20(2)3)18-29-17-14-24(26(4,5)19-29)21-9-11-22(27)12-10-21;;;;;/h9,11,20,23-25,28H,6-8,10,12-19H2,1-5H3;1H4;4*1H2/t23-,24?,25-;;;;;/m0...../s1. The minimum atomic E-state index is 0. The van der Waals surface area contributed by atoms with Gasteiger partial charge in [0, 0.05) is 30.2 Å². The van der Waals surface area contributed by atoms with Crippen molar-refractivity contribution in [3.63, 3.8) is 0 Å². The van der Waals surface area contributed by atoms with Gasteiger partial charge in [0.05, 0.1) is 0 Å². The summed E-state index contributed by atoms with van der Waals surface area (Å²) in [5.74, 6) is 1.37. The molecule has 0 aromatic carbocycles. The number of piperidine rings is 1. The van der Waals surface area contributed by atoms with Gasteiger partial charge in [-0.2, -0.15) is 0 Å². The quantitative estimate of drug-likeness (QED) is 0.495. The predicted molar refractivity (Wildman–Crippen MR) is 152 cm³/mol. The number of hydrogen-bond acceptors (Lipinski definition) is 3. The zero-order valence-electron chi connectivity index (χ0n) is 22.2. The molecular weight excluding hydrogens is 466 g/mol. The van der Waals surface area contributed by atoms with Crippen molar-refractivity contribution in [3.8, 4) is 0 Å². The second-order valence-electron chi connectivity index (χ2n) is 10.9. The molecule has 9 N–H and O–H groups in total. The van der Waals surface area contributed by atoms with E-state index >= 15 is 0 Å². The first-order chi connectivity index (χ1) is 14.3. The summed E-state index contributed by atoms with van der Waals surface area (Å²) in [7, 11) is 0. The third-order valence-electron chi connectivity index (χ3n) is 7.94. The average molecular weight is 524 g/mol. The first-order valence-electron chi connectivity index (χ1n) is 12.5. The summed E-state index contributed by atoms with van der Waals surface area (Å²) in [6.07, 6.45) is 12.0. The second kappa shape index (κ2) is 17.9. The Bertz CT molecular complexity index is 628. The molecule has 3 aliphatic rings. The number of nitrogens with one attached hydrogen (secondary N) is 1. The van der Waals surface area contributed by atoms with Gasteiger partial charge in [-0.1, -0.05) is 65.3 Å². The van der Waals surface area contributed by atoms with Crippen LogP contribution in [0.5, 0.6) is 0 Å². The molecule has 0 aromatic rings. The summed E-state index contributed by atoms with van der Waals surface area (Å²) in [6, 6.07) is 1.39. The molecule has 2 fully saturated rings. The summed E-state index contributed by atoms with van der Waals surface area (Å²) >= 11 is 6.20. The van der Waals surface area contributed by atoms with Crippen LogP contribution in [0.15, 0.2) is 22.8 Å². The van der Waals surface area contributed by atoms with Crippen molar-refractivity contribution in [2.45, 2.75) is 92.7 Å². The molecule has 2 heterocycles. The number of nitrogens with zero attached hydrogens (tertiary/aromatic N) is 2. The van der Waals surface area contributed by atoms with Crippen molar-refractivity contribution in [1.29, 1.82) is 0 Å². The summed E-state index contributed by atoms with van der Waals surface area (Å²) < 4.78 is 0. The lowest BCUT2D eigenvalue weighted by Gasteiger charge is -2.47. The van der Waals surface area contributed by atoms with Gasteiger partial charge in [0.25, 0.3) is 0 Å². The Morgan fingerprint density at radius 2 is 1.74 bits per heavy atom. The third-order valence-corrected chi connectivity index (χ3v) is 8.25. The van der Waals surface area contributed by atoms with E-state index in [9.17, 15) is 0 Å². The van der Waals surface area contributed by atoms with Gasteiger partial charge in [0.1, 0.15) is 0 Å². The second-order valence-corrected chi connectivity index (χ2v) is 11.4. The van der Waals surface area contributed by atoms with E-state index in [0.717, 1.165) is 30.5 Å². The van der Waals surface area contributed by atoms with Crippen LogP contribution in [0.25, 0.3) is 0 Å².